The van der Waals surface area contributed by atoms with E-state index in [-0.39, 0.29) is 11.9 Å². The number of carbonyl (C=O) groups is 2. The molecule has 0 unspecified atom stereocenters. The van der Waals surface area contributed by atoms with Crippen molar-refractivity contribution in [2.24, 2.45) is 0 Å². The monoisotopic (exact) mass is 538 g/mol. The van der Waals surface area contributed by atoms with Crippen molar-refractivity contribution in [2.45, 2.75) is 19.3 Å². The van der Waals surface area contributed by atoms with Crippen molar-refractivity contribution in [3.05, 3.63) is 65.0 Å². The molecule has 35 heavy (non-hydrogen) atoms. The number of hydrogen-bond donors (Lipinski definition) is 4. The van der Waals surface area contributed by atoms with Crippen molar-refractivity contribution >= 4 is 51.0 Å². The fraction of sp³-hybridized carbons (Fsp3) is 0.292. The number of urea groups is 1. The minimum Gasteiger partial charge on any atom is -0.369 e. The smallest absolute Gasteiger partial charge is 0.321 e. The van der Waals surface area contributed by atoms with E-state index < -0.39 is 0 Å². The molecule has 2 aromatic heterocycles. The number of nitrogens with zero attached hydrogens (tertiary/aromatic N) is 4. The lowest BCUT2D eigenvalue weighted by molar-refractivity contribution is 0.0953. The summed E-state index contributed by atoms with van der Waals surface area (Å²) in [5, 5.41) is 12.3. The van der Waals surface area contributed by atoms with Crippen molar-refractivity contribution in [2.75, 3.05) is 42.1 Å². The first-order chi connectivity index (χ1) is 17.1. The van der Waals surface area contributed by atoms with E-state index in [4.69, 9.17) is 0 Å². The summed E-state index contributed by atoms with van der Waals surface area (Å²) in [5.74, 6) is 0.937. The third-order valence-corrected chi connectivity index (χ3v) is 5.96. The number of hydrogen-bond acceptors (Lipinski definition) is 7. The van der Waals surface area contributed by atoms with Gasteiger partial charge in [0, 0.05) is 61.7 Å². The largest absolute Gasteiger partial charge is 0.369 e. The zero-order chi connectivity index (χ0) is 24.5. The first kappa shape index (κ1) is 24.4. The van der Waals surface area contributed by atoms with Crippen LogP contribution in [0.5, 0.6) is 0 Å². The fourth-order valence-electron chi connectivity index (χ4n) is 3.58. The van der Waals surface area contributed by atoms with E-state index >= 15 is 0 Å². The van der Waals surface area contributed by atoms with Crippen molar-refractivity contribution in [1.29, 1.82) is 0 Å². The van der Waals surface area contributed by atoms with Gasteiger partial charge in [-0.05, 0) is 65.5 Å². The van der Waals surface area contributed by atoms with Gasteiger partial charge in [0.05, 0.1) is 4.47 Å². The molecule has 182 valence electrons. The van der Waals surface area contributed by atoms with Crippen LogP contribution >= 0.6 is 15.9 Å². The Kier molecular flexibility index (Phi) is 8.44. The summed E-state index contributed by atoms with van der Waals surface area (Å²) < 4.78 is 0.732. The van der Waals surface area contributed by atoms with E-state index in [1.165, 1.54) is 0 Å². The van der Waals surface area contributed by atoms with Crippen molar-refractivity contribution in [3.8, 4) is 0 Å². The van der Waals surface area contributed by atoms with Crippen LogP contribution in [0.25, 0.3) is 0 Å². The first-order valence-corrected chi connectivity index (χ1v) is 12.3. The Bertz CT molecular complexity index is 1160. The summed E-state index contributed by atoms with van der Waals surface area (Å²) in [7, 11) is 0. The third-order valence-electron chi connectivity index (χ3n) is 5.38. The SMILES string of the molecule is O=C(NCCCNc1nc(Nc2cccc(NC(=O)N3CCCC3)c2)ncc1Br)c1ccncc1. The predicted molar refractivity (Wildman–Crippen MR) is 139 cm³/mol. The molecule has 10 nitrogen and oxygen atoms in total. The maximum Gasteiger partial charge on any atom is 0.321 e. The van der Waals surface area contributed by atoms with Crippen molar-refractivity contribution in [1.82, 2.24) is 25.2 Å². The van der Waals surface area contributed by atoms with Gasteiger partial charge < -0.3 is 26.2 Å². The molecule has 1 fully saturated rings. The number of benzene rings is 1. The van der Waals surface area contributed by atoms with Gasteiger partial charge in [0.2, 0.25) is 5.95 Å². The Morgan fingerprint density at radius 3 is 2.60 bits per heavy atom. The molecule has 0 bridgehead atoms. The second-order valence-corrected chi connectivity index (χ2v) is 8.85. The van der Waals surface area contributed by atoms with E-state index in [0.717, 1.165) is 42.5 Å². The summed E-state index contributed by atoms with van der Waals surface area (Å²) in [6, 6.07) is 10.7. The molecule has 1 aliphatic rings. The molecular formula is C24H27BrN8O2. The summed E-state index contributed by atoms with van der Waals surface area (Å²) in [6.45, 7) is 2.73. The van der Waals surface area contributed by atoms with Crippen LogP contribution in [0, 0.1) is 0 Å². The van der Waals surface area contributed by atoms with Gasteiger partial charge in [-0.1, -0.05) is 6.07 Å². The zero-order valence-electron chi connectivity index (χ0n) is 19.1. The molecule has 3 aromatic rings. The van der Waals surface area contributed by atoms with Gasteiger partial charge in [-0.25, -0.2) is 9.78 Å². The van der Waals surface area contributed by atoms with Crippen LogP contribution in [0.3, 0.4) is 0 Å². The molecule has 0 atom stereocenters. The number of aromatic nitrogens is 3. The van der Waals surface area contributed by atoms with E-state index in [9.17, 15) is 9.59 Å². The molecule has 0 aliphatic carbocycles. The minimum atomic E-state index is -0.124. The lowest BCUT2D eigenvalue weighted by Crippen LogP contribution is -2.32. The lowest BCUT2D eigenvalue weighted by Gasteiger charge is -2.16. The predicted octanol–water partition coefficient (Wildman–Crippen LogP) is 4.24. The number of halogens is 1. The number of nitrogens with one attached hydrogen (secondary N) is 4. The Balaban J connectivity index is 1.27. The molecule has 0 saturated carbocycles. The molecular weight excluding hydrogens is 512 g/mol. The van der Waals surface area contributed by atoms with Gasteiger partial charge in [-0.2, -0.15) is 4.98 Å². The highest BCUT2D eigenvalue weighted by molar-refractivity contribution is 9.10. The van der Waals surface area contributed by atoms with E-state index in [1.807, 2.05) is 29.2 Å². The second kappa shape index (κ2) is 12.1. The number of anilines is 4. The molecule has 1 aromatic carbocycles. The zero-order valence-corrected chi connectivity index (χ0v) is 20.7. The van der Waals surface area contributed by atoms with Crippen LogP contribution in [0.4, 0.5) is 27.9 Å². The van der Waals surface area contributed by atoms with Crippen LogP contribution in [-0.4, -0.2) is 58.0 Å². The van der Waals surface area contributed by atoms with Crippen LogP contribution in [0.2, 0.25) is 0 Å². The number of amides is 3. The molecule has 0 radical (unpaired) electrons. The molecule has 3 heterocycles. The van der Waals surface area contributed by atoms with Gasteiger partial charge in [-0.15, -0.1) is 0 Å². The van der Waals surface area contributed by atoms with E-state index in [0.29, 0.717) is 36.1 Å². The van der Waals surface area contributed by atoms with Crippen LogP contribution in [0.15, 0.2) is 59.5 Å². The summed E-state index contributed by atoms with van der Waals surface area (Å²) in [6.07, 6.45) is 7.67. The van der Waals surface area contributed by atoms with Gasteiger partial charge in [0.25, 0.3) is 5.91 Å². The summed E-state index contributed by atoms with van der Waals surface area (Å²) >= 11 is 3.47. The standard InChI is InChI=1S/C24H27BrN8O2/c25-20-16-29-23(30-18-5-3-6-19(15-18)31-24(35)33-13-1-2-14-33)32-21(20)27-9-4-10-28-22(34)17-7-11-26-12-8-17/h3,5-8,11-12,15-16H,1-2,4,9-10,13-14H2,(H,28,34)(H,31,35)(H2,27,29,30,32). The highest BCUT2D eigenvalue weighted by Gasteiger charge is 2.17. The highest BCUT2D eigenvalue weighted by Crippen LogP contribution is 2.23. The van der Waals surface area contributed by atoms with Crippen LogP contribution in [0.1, 0.15) is 29.6 Å². The average molecular weight is 539 g/mol. The number of pyridine rings is 1. The molecule has 11 heteroatoms. The maximum atomic E-state index is 12.4. The number of carbonyl (C=O) groups excluding carboxylic acids is 2. The minimum absolute atomic E-state index is 0.0806. The quantitative estimate of drug-likeness (QED) is 0.300. The van der Waals surface area contributed by atoms with Crippen LogP contribution in [-0.2, 0) is 0 Å². The Morgan fingerprint density at radius 2 is 1.80 bits per heavy atom. The topological polar surface area (TPSA) is 124 Å². The normalized spacial score (nSPS) is 12.8. The number of likely N-dealkylation sites (tertiary alicyclic amines) is 1. The van der Waals surface area contributed by atoms with Gasteiger partial charge in [0.1, 0.15) is 5.82 Å². The molecule has 3 amide bonds. The van der Waals surface area contributed by atoms with Crippen LogP contribution < -0.4 is 21.3 Å². The highest BCUT2D eigenvalue weighted by atomic mass is 79.9. The molecule has 0 spiro atoms. The Hall–Kier alpha value is -3.73. The molecule has 1 aliphatic heterocycles. The Labute approximate surface area is 212 Å². The van der Waals surface area contributed by atoms with Crippen molar-refractivity contribution in [3.63, 3.8) is 0 Å². The van der Waals surface area contributed by atoms with Crippen molar-refractivity contribution < 1.29 is 9.59 Å². The molecule has 4 N–H and O–H groups in total. The molecule has 4 rings (SSSR count). The van der Waals surface area contributed by atoms with E-state index in [2.05, 4.69) is 52.1 Å². The van der Waals surface area contributed by atoms with Gasteiger partial charge in [-0.3, -0.25) is 9.78 Å². The second-order valence-electron chi connectivity index (χ2n) is 7.99. The van der Waals surface area contributed by atoms with Gasteiger partial charge in [0.15, 0.2) is 0 Å². The Morgan fingerprint density at radius 1 is 1.03 bits per heavy atom. The van der Waals surface area contributed by atoms with E-state index in [1.54, 1.807) is 30.7 Å². The molecule has 1 saturated heterocycles. The first-order valence-electron chi connectivity index (χ1n) is 11.5. The van der Waals surface area contributed by atoms with Gasteiger partial charge >= 0.3 is 6.03 Å². The summed E-state index contributed by atoms with van der Waals surface area (Å²) in [5.41, 5.74) is 2.05. The third kappa shape index (κ3) is 7.12. The fourth-order valence-corrected chi connectivity index (χ4v) is 3.91. The maximum absolute atomic E-state index is 12.4. The number of rotatable bonds is 9. The summed E-state index contributed by atoms with van der Waals surface area (Å²) in [4.78, 5) is 39.0. The lowest BCUT2D eigenvalue weighted by atomic mass is 10.2. The average Bonchev–Trinajstić information content (AvgIpc) is 3.42.